The van der Waals surface area contributed by atoms with Gasteiger partial charge in [0.05, 0.1) is 17.6 Å². The molecule has 3 aromatic rings. The lowest BCUT2D eigenvalue weighted by Gasteiger charge is -2.05. The first-order valence-corrected chi connectivity index (χ1v) is 6.83. The van der Waals surface area contributed by atoms with Gasteiger partial charge in [-0.3, -0.25) is 9.78 Å². The van der Waals surface area contributed by atoms with Crippen molar-refractivity contribution in [2.24, 2.45) is 0 Å². The number of allylic oxidation sites excluding steroid dienone is 1. The summed E-state index contributed by atoms with van der Waals surface area (Å²) in [5.74, 6) is 0.142. The number of pyridine rings is 1. The number of nitrogens with one attached hydrogen (secondary N) is 1. The van der Waals surface area contributed by atoms with Crippen molar-refractivity contribution in [3.05, 3.63) is 60.4 Å². The van der Waals surface area contributed by atoms with Crippen molar-refractivity contribution < 1.29 is 9.90 Å². The lowest BCUT2D eigenvalue weighted by molar-refractivity contribution is -0.111. The van der Waals surface area contributed by atoms with Crippen LogP contribution >= 0.6 is 0 Å². The molecule has 6 nitrogen and oxygen atoms in total. The highest BCUT2D eigenvalue weighted by atomic mass is 16.3. The second-order valence-electron chi connectivity index (χ2n) is 5.02. The summed E-state index contributed by atoms with van der Waals surface area (Å²) in [5.41, 5.74) is 2.54. The van der Waals surface area contributed by atoms with Crippen LogP contribution < -0.4 is 5.32 Å². The average Bonchev–Trinajstić information content (AvgIpc) is 3.02. The summed E-state index contributed by atoms with van der Waals surface area (Å²) in [6.07, 6.45) is 3.18. The van der Waals surface area contributed by atoms with Crippen molar-refractivity contribution in [3.63, 3.8) is 0 Å². The van der Waals surface area contributed by atoms with Gasteiger partial charge in [0.1, 0.15) is 11.3 Å². The number of carbonyl (C=O) groups is 1. The molecule has 0 radical (unpaired) electrons. The fraction of sp³-hybridized carbons (Fsp3) is 0.0625. The molecule has 1 aliphatic rings. The normalized spacial score (nSPS) is 13.5. The molecule has 108 valence electrons. The van der Waals surface area contributed by atoms with Gasteiger partial charge < -0.3 is 15.0 Å². The first-order chi connectivity index (χ1) is 10.7. The van der Waals surface area contributed by atoms with Crippen molar-refractivity contribution in [3.8, 4) is 0 Å². The number of hydrogen-bond acceptors (Lipinski definition) is 4. The monoisotopic (exact) mass is 292 g/mol. The average molecular weight is 292 g/mol. The van der Waals surface area contributed by atoms with Crippen LogP contribution in [-0.2, 0) is 11.3 Å². The van der Waals surface area contributed by atoms with Crippen LogP contribution in [0.15, 0.2) is 54.6 Å². The molecule has 4 rings (SSSR count). The lowest BCUT2D eigenvalue weighted by Crippen LogP contribution is -2.14. The number of carbonyl (C=O) groups excluding carboxylic acids is 1. The van der Waals surface area contributed by atoms with E-state index in [0.717, 1.165) is 11.0 Å². The molecule has 1 aliphatic heterocycles. The third-order valence-corrected chi connectivity index (χ3v) is 3.64. The van der Waals surface area contributed by atoms with Crippen LogP contribution in [0.5, 0.6) is 0 Å². The molecule has 6 heteroatoms. The molecule has 1 amide bonds. The molecule has 22 heavy (non-hydrogen) atoms. The molecule has 0 bridgehead atoms. The van der Waals surface area contributed by atoms with E-state index in [2.05, 4.69) is 15.3 Å². The molecular weight excluding hydrogens is 280 g/mol. The van der Waals surface area contributed by atoms with E-state index in [1.165, 1.54) is 0 Å². The first-order valence-electron chi connectivity index (χ1n) is 6.83. The summed E-state index contributed by atoms with van der Waals surface area (Å²) in [4.78, 5) is 20.8. The van der Waals surface area contributed by atoms with Gasteiger partial charge in [-0.05, 0) is 24.3 Å². The Bertz CT molecular complexity index is 912. The Morgan fingerprint density at radius 1 is 1.18 bits per heavy atom. The van der Waals surface area contributed by atoms with Crippen molar-refractivity contribution >= 4 is 28.2 Å². The molecule has 1 aromatic carbocycles. The number of aromatic nitrogens is 3. The number of amides is 1. The molecule has 0 spiro atoms. The second-order valence-corrected chi connectivity index (χ2v) is 5.02. The van der Waals surface area contributed by atoms with Gasteiger partial charge in [0.25, 0.3) is 5.91 Å². The standard InChI is InChI=1S/C16H12N4O2/c21-13-9-20-12-4-2-1-3-11(12)19-15(20)14(13)16(22)18-10-5-7-17-8-6-10/h1-8,21H,9H2,(H,17,18,22). The first kappa shape index (κ1) is 12.6. The number of aliphatic hydroxyl groups is 1. The molecule has 0 saturated carbocycles. The molecule has 0 fully saturated rings. The molecule has 0 unspecified atom stereocenters. The number of para-hydroxylation sites is 2. The minimum atomic E-state index is -0.377. The fourth-order valence-electron chi connectivity index (χ4n) is 2.65. The highest BCUT2D eigenvalue weighted by molar-refractivity contribution is 6.25. The quantitative estimate of drug-likeness (QED) is 0.760. The van der Waals surface area contributed by atoms with Gasteiger partial charge in [-0.2, -0.15) is 0 Å². The van der Waals surface area contributed by atoms with Crippen LogP contribution in [0.25, 0.3) is 16.6 Å². The highest BCUT2D eigenvalue weighted by Crippen LogP contribution is 2.31. The van der Waals surface area contributed by atoms with E-state index in [0.29, 0.717) is 11.5 Å². The van der Waals surface area contributed by atoms with Crippen LogP contribution in [0.3, 0.4) is 0 Å². The summed E-state index contributed by atoms with van der Waals surface area (Å²) < 4.78 is 1.84. The van der Waals surface area contributed by atoms with Crippen molar-refractivity contribution in [1.29, 1.82) is 0 Å². The number of benzene rings is 1. The van der Waals surface area contributed by atoms with Gasteiger partial charge >= 0.3 is 0 Å². The zero-order valence-corrected chi connectivity index (χ0v) is 11.5. The third-order valence-electron chi connectivity index (χ3n) is 3.64. The predicted octanol–water partition coefficient (Wildman–Crippen LogP) is 2.35. The maximum absolute atomic E-state index is 12.5. The molecule has 3 heterocycles. The topological polar surface area (TPSA) is 80.0 Å². The second kappa shape index (κ2) is 4.70. The van der Waals surface area contributed by atoms with Gasteiger partial charge in [-0.25, -0.2) is 4.98 Å². The minimum absolute atomic E-state index is 0.0276. The highest BCUT2D eigenvalue weighted by Gasteiger charge is 2.30. The van der Waals surface area contributed by atoms with Crippen LogP contribution in [-0.4, -0.2) is 25.5 Å². The summed E-state index contributed by atoms with van der Waals surface area (Å²) in [5, 5.41) is 12.9. The summed E-state index contributed by atoms with van der Waals surface area (Å²) in [6.45, 7) is 0.259. The molecular formula is C16H12N4O2. The molecule has 0 atom stereocenters. The van der Waals surface area contributed by atoms with Crippen molar-refractivity contribution in [2.75, 3.05) is 5.32 Å². The number of aliphatic hydroxyl groups excluding tert-OH is 1. The van der Waals surface area contributed by atoms with Gasteiger partial charge in [0, 0.05) is 18.1 Å². The van der Waals surface area contributed by atoms with Crippen LogP contribution in [0.1, 0.15) is 5.82 Å². The van der Waals surface area contributed by atoms with Crippen molar-refractivity contribution in [2.45, 2.75) is 6.54 Å². The zero-order valence-electron chi connectivity index (χ0n) is 11.5. The molecule has 0 saturated heterocycles. The molecule has 2 N–H and O–H groups in total. The Morgan fingerprint density at radius 3 is 2.77 bits per heavy atom. The fourth-order valence-corrected chi connectivity index (χ4v) is 2.65. The Balaban J connectivity index is 1.74. The summed E-state index contributed by atoms with van der Waals surface area (Å²) in [6, 6.07) is 11.0. The predicted molar refractivity (Wildman–Crippen MR) is 82.1 cm³/mol. The van der Waals surface area contributed by atoms with Gasteiger partial charge in [0.15, 0.2) is 5.82 Å². The van der Waals surface area contributed by atoms with E-state index < -0.39 is 0 Å². The van der Waals surface area contributed by atoms with E-state index in [1.807, 2.05) is 28.8 Å². The smallest absolute Gasteiger partial charge is 0.262 e. The van der Waals surface area contributed by atoms with Crippen molar-refractivity contribution in [1.82, 2.24) is 14.5 Å². The number of fused-ring (bicyclic) bond motifs is 3. The van der Waals surface area contributed by atoms with Gasteiger partial charge in [0.2, 0.25) is 0 Å². The number of nitrogens with zero attached hydrogens (tertiary/aromatic N) is 3. The van der Waals surface area contributed by atoms with E-state index in [-0.39, 0.29) is 23.8 Å². The van der Waals surface area contributed by atoms with Gasteiger partial charge in [-0.15, -0.1) is 0 Å². The maximum atomic E-state index is 12.5. The van der Waals surface area contributed by atoms with Crippen LogP contribution in [0.2, 0.25) is 0 Å². The van der Waals surface area contributed by atoms with Crippen LogP contribution in [0.4, 0.5) is 5.69 Å². The third kappa shape index (κ3) is 1.85. The Labute approximate surface area is 125 Å². The van der Waals surface area contributed by atoms with E-state index >= 15 is 0 Å². The zero-order chi connectivity index (χ0) is 15.1. The maximum Gasteiger partial charge on any atom is 0.262 e. The Hall–Kier alpha value is -3.15. The number of anilines is 1. The van der Waals surface area contributed by atoms with E-state index in [4.69, 9.17) is 0 Å². The number of rotatable bonds is 2. The number of hydrogen-bond donors (Lipinski definition) is 2. The van der Waals surface area contributed by atoms with Crippen LogP contribution in [0, 0.1) is 0 Å². The summed E-state index contributed by atoms with van der Waals surface area (Å²) in [7, 11) is 0. The van der Waals surface area contributed by atoms with E-state index in [9.17, 15) is 9.90 Å². The minimum Gasteiger partial charge on any atom is -0.509 e. The van der Waals surface area contributed by atoms with E-state index in [1.54, 1.807) is 24.5 Å². The summed E-state index contributed by atoms with van der Waals surface area (Å²) >= 11 is 0. The SMILES string of the molecule is O=C(Nc1ccncc1)C1=C(O)Cn2c1nc1ccccc12. The molecule has 2 aromatic heterocycles. The largest absolute Gasteiger partial charge is 0.509 e. The Kier molecular flexibility index (Phi) is 2.69. The lowest BCUT2D eigenvalue weighted by atomic mass is 10.2. The van der Waals surface area contributed by atoms with Gasteiger partial charge in [-0.1, -0.05) is 12.1 Å². The molecule has 0 aliphatic carbocycles. The number of imidazole rings is 1. The Morgan fingerprint density at radius 2 is 1.95 bits per heavy atom.